The van der Waals surface area contributed by atoms with Gasteiger partial charge in [-0.05, 0) is 36.8 Å². The molecule has 0 atom stereocenters. The molecule has 2 heterocycles. The Balaban J connectivity index is 1.98. The van der Waals surface area contributed by atoms with Gasteiger partial charge in [0.05, 0.1) is 5.02 Å². The number of hydrogen-bond donors (Lipinski definition) is 1. The minimum absolute atomic E-state index is 0.0338. The van der Waals surface area contributed by atoms with Gasteiger partial charge in [0.25, 0.3) is 0 Å². The van der Waals surface area contributed by atoms with Crippen LogP contribution in [0.15, 0.2) is 42.6 Å². The summed E-state index contributed by atoms with van der Waals surface area (Å²) < 4.78 is 7.14. The van der Waals surface area contributed by atoms with Crippen LogP contribution < -0.4 is 4.74 Å². The standard InChI is InChI=1S/C16H13ClN2O3/c1-10-6-7-19-14(8-10)18-12(15(19)16(20)21)9-22-13-5-3-2-4-11(13)17/h2-8H,9H2,1H3,(H,20,21). The number of carboxylic acid groups (broad SMARTS) is 1. The van der Waals surface area contributed by atoms with E-state index in [0.29, 0.717) is 22.1 Å². The maximum absolute atomic E-state index is 11.5. The zero-order valence-corrected chi connectivity index (χ0v) is 12.5. The average molecular weight is 317 g/mol. The lowest BCUT2D eigenvalue weighted by Crippen LogP contribution is -2.07. The number of carboxylic acids is 1. The fourth-order valence-electron chi connectivity index (χ4n) is 2.23. The van der Waals surface area contributed by atoms with E-state index < -0.39 is 5.97 Å². The molecule has 0 amide bonds. The predicted molar refractivity (Wildman–Crippen MR) is 82.7 cm³/mol. The fraction of sp³-hybridized carbons (Fsp3) is 0.125. The number of aromatic carboxylic acids is 1. The number of pyridine rings is 1. The molecule has 0 radical (unpaired) electrons. The maximum Gasteiger partial charge on any atom is 0.354 e. The van der Waals surface area contributed by atoms with Crippen LogP contribution in [0.1, 0.15) is 21.7 Å². The molecule has 1 aromatic carbocycles. The van der Waals surface area contributed by atoms with Gasteiger partial charge in [-0.3, -0.25) is 4.40 Å². The second-order valence-electron chi connectivity index (χ2n) is 4.86. The molecule has 0 spiro atoms. The smallest absolute Gasteiger partial charge is 0.354 e. The number of hydrogen-bond acceptors (Lipinski definition) is 3. The van der Waals surface area contributed by atoms with E-state index in [1.807, 2.05) is 19.1 Å². The van der Waals surface area contributed by atoms with E-state index in [1.54, 1.807) is 34.9 Å². The van der Waals surface area contributed by atoms with Crippen LogP contribution in [-0.2, 0) is 6.61 Å². The normalized spacial score (nSPS) is 10.8. The Hall–Kier alpha value is -2.53. The Kier molecular flexibility index (Phi) is 3.73. The Morgan fingerprint density at radius 2 is 2.14 bits per heavy atom. The minimum Gasteiger partial charge on any atom is -0.486 e. The number of ether oxygens (including phenoxy) is 1. The maximum atomic E-state index is 11.5. The molecule has 0 saturated carbocycles. The van der Waals surface area contributed by atoms with Gasteiger partial charge in [-0.15, -0.1) is 0 Å². The highest BCUT2D eigenvalue weighted by Gasteiger charge is 2.19. The van der Waals surface area contributed by atoms with E-state index in [9.17, 15) is 9.90 Å². The Bertz CT molecular complexity index is 858. The largest absolute Gasteiger partial charge is 0.486 e. The zero-order valence-electron chi connectivity index (χ0n) is 11.8. The first kappa shape index (κ1) is 14.4. The second kappa shape index (κ2) is 5.69. The van der Waals surface area contributed by atoms with E-state index in [0.717, 1.165) is 5.56 Å². The number of para-hydroxylation sites is 1. The van der Waals surface area contributed by atoms with Crippen LogP contribution in [0.3, 0.4) is 0 Å². The van der Waals surface area contributed by atoms with Crippen molar-refractivity contribution in [3.05, 3.63) is 64.6 Å². The Morgan fingerprint density at radius 3 is 2.86 bits per heavy atom. The van der Waals surface area contributed by atoms with Crippen molar-refractivity contribution < 1.29 is 14.6 Å². The van der Waals surface area contributed by atoms with Crippen molar-refractivity contribution in [3.8, 4) is 5.75 Å². The van der Waals surface area contributed by atoms with Crippen LogP contribution in [0, 0.1) is 6.92 Å². The third-order valence-corrected chi connectivity index (χ3v) is 3.57. The number of fused-ring (bicyclic) bond motifs is 1. The molecule has 3 aromatic rings. The summed E-state index contributed by atoms with van der Waals surface area (Å²) in [6.45, 7) is 1.96. The molecule has 0 aliphatic heterocycles. The summed E-state index contributed by atoms with van der Waals surface area (Å²) >= 11 is 6.03. The summed E-state index contributed by atoms with van der Waals surface area (Å²) in [4.78, 5) is 15.9. The van der Waals surface area contributed by atoms with Gasteiger partial charge in [0.2, 0.25) is 0 Å². The van der Waals surface area contributed by atoms with Gasteiger partial charge in [-0.1, -0.05) is 23.7 Å². The minimum atomic E-state index is -1.05. The molecule has 6 heteroatoms. The van der Waals surface area contributed by atoms with Crippen molar-refractivity contribution in [2.45, 2.75) is 13.5 Å². The first-order chi connectivity index (χ1) is 10.6. The highest BCUT2D eigenvalue weighted by molar-refractivity contribution is 6.32. The van der Waals surface area contributed by atoms with Gasteiger partial charge in [-0.2, -0.15) is 0 Å². The molecule has 0 fully saturated rings. The zero-order chi connectivity index (χ0) is 15.7. The van der Waals surface area contributed by atoms with Crippen molar-refractivity contribution >= 4 is 23.2 Å². The molecule has 0 aliphatic rings. The molecule has 22 heavy (non-hydrogen) atoms. The number of carbonyl (C=O) groups is 1. The third kappa shape index (κ3) is 2.63. The number of rotatable bonds is 4. The van der Waals surface area contributed by atoms with E-state index in [2.05, 4.69) is 4.98 Å². The number of aromatic nitrogens is 2. The summed E-state index contributed by atoms with van der Waals surface area (Å²) in [7, 11) is 0. The quantitative estimate of drug-likeness (QED) is 0.799. The van der Waals surface area contributed by atoms with E-state index in [-0.39, 0.29) is 12.3 Å². The Labute approximate surface area is 131 Å². The number of benzene rings is 1. The number of imidazole rings is 1. The molecule has 3 rings (SSSR count). The van der Waals surface area contributed by atoms with Crippen LogP contribution in [0.2, 0.25) is 5.02 Å². The number of nitrogens with zero attached hydrogens (tertiary/aromatic N) is 2. The Morgan fingerprint density at radius 1 is 1.36 bits per heavy atom. The highest BCUT2D eigenvalue weighted by atomic mass is 35.5. The van der Waals surface area contributed by atoms with Crippen LogP contribution in [0.5, 0.6) is 5.75 Å². The molecule has 0 unspecified atom stereocenters. The van der Waals surface area contributed by atoms with Crippen molar-refractivity contribution in [2.24, 2.45) is 0 Å². The first-order valence-corrected chi connectivity index (χ1v) is 7.02. The van der Waals surface area contributed by atoms with Crippen molar-refractivity contribution in [1.82, 2.24) is 9.38 Å². The summed E-state index contributed by atoms with van der Waals surface area (Å²) in [5.74, 6) is -0.553. The summed E-state index contributed by atoms with van der Waals surface area (Å²) in [6.07, 6.45) is 1.69. The topological polar surface area (TPSA) is 63.8 Å². The molecule has 5 nitrogen and oxygen atoms in total. The van der Waals surface area contributed by atoms with Crippen molar-refractivity contribution in [2.75, 3.05) is 0 Å². The number of halogens is 1. The summed E-state index contributed by atoms with van der Waals surface area (Å²) in [5.41, 5.74) is 2.04. The van der Waals surface area contributed by atoms with Gasteiger partial charge in [0.1, 0.15) is 23.7 Å². The SMILES string of the molecule is Cc1ccn2c(C(=O)O)c(COc3ccccc3Cl)nc2c1. The first-order valence-electron chi connectivity index (χ1n) is 6.64. The molecule has 2 aromatic heterocycles. The molecular formula is C16H13ClN2O3. The molecule has 0 saturated heterocycles. The fourth-order valence-corrected chi connectivity index (χ4v) is 2.42. The summed E-state index contributed by atoms with van der Waals surface area (Å²) in [5, 5.41) is 9.90. The van der Waals surface area contributed by atoms with E-state index >= 15 is 0 Å². The average Bonchev–Trinajstić information content (AvgIpc) is 2.84. The number of aryl methyl sites for hydroxylation is 1. The van der Waals surface area contributed by atoms with E-state index in [1.165, 1.54) is 0 Å². The molecular weight excluding hydrogens is 304 g/mol. The van der Waals surface area contributed by atoms with E-state index in [4.69, 9.17) is 16.3 Å². The van der Waals surface area contributed by atoms with Crippen molar-refractivity contribution in [3.63, 3.8) is 0 Å². The van der Waals surface area contributed by atoms with Gasteiger partial charge in [-0.25, -0.2) is 9.78 Å². The third-order valence-electron chi connectivity index (χ3n) is 3.26. The highest BCUT2D eigenvalue weighted by Crippen LogP contribution is 2.25. The molecule has 112 valence electrons. The summed E-state index contributed by atoms with van der Waals surface area (Å²) in [6, 6.07) is 10.7. The second-order valence-corrected chi connectivity index (χ2v) is 5.27. The predicted octanol–water partition coefficient (Wildman–Crippen LogP) is 3.57. The van der Waals surface area contributed by atoms with Gasteiger partial charge in [0, 0.05) is 6.20 Å². The van der Waals surface area contributed by atoms with Gasteiger partial charge in [0.15, 0.2) is 5.69 Å². The lowest BCUT2D eigenvalue weighted by molar-refractivity contribution is 0.0686. The molecule has 0 aliphatic carbocycles. The monoisotopic (exact) mass is 316 g/mol. The van der Waals surface area contributed by atoms with Crippen LogP contribution in [0.25, 0.3) is 5.65 Å². The lowest BCUT2D eigenvalue weighted by Gasteiger charge is -2.06. The van der Waals surface area contributed by atoms with Crippen LogP contribution in [0.4, 0.5) is 0 Å². The van der Waals surface area contributed by atoms with Gasteiger partial charge >= 0.3 is 5.97 Å². The molecule has 0 bridgehead atoms. The molecule has 1 N–H and O–H groups in total. The van der Waals surface area contributed by atoms with Crippen LogP contribution >= 0.6 is 11.6 Å². The van der Waals surface area contributed by atoms with Crippen LogP contribution in [-0.4, -0.2) is 20.5 Å². The van der Waals surface area contributed by atoms with Crippen molar-refractivity contribution in [1.29, 1.82) is 0 Å². The van der Waals surface area contributed by atoms with Gasteiger partial charge < -0.3 is 9.84 Å². The lowest BCUT2D eigenvalue weighted by atomic mass is 10.3.